The SMILES string of the molecule is Cc1ccc(NC(=O)Cc2nc(CN[C@@H](C)c3cccc4ccccc34)cs2)cc1. The molecule has 0 bridgehead atoms. The van der Waals surface area contributed by atoms with Crippen molar-refractivity contribution in [3.63, 3.8) is 0 Å². The number of amides is 1. The Balaban J connectivity index is 1.34. The van der Waals surface area contributed by atoms with E-state index < -0.39 is 0 Å². The molecule has 3 aromatic carbocycles. The third-order valence-electron chi connectivity index (χ3n) is 5.13. The zero-order chi connectivity index (χ0) is 20.9. The Morgan fingerprint density at radius 2 is 1.80 bits per heavy atom. The lowest BCUT2D eigenvalue weighted by Gasteiger charge is -2.16. The van der Waals surface area contributed by atoms with Crippen molar-refractivity contribution in [3.8, 4) is 0 Å². The number of rotatable bonds is 7. The van der Waals surface area contributed by atoms with E-state index in [1.807, 2.05) is 36.6 Å². The van der Waals surface area contributed by atoms with Gasteiger partial charge in [0.2, 0.25) is 5.91 Å². The van der Waals surface area contributed by atoms with Gasteiger partial charge in [-0.1, -0.05) is 60.2 Å². The van der Waals surface area contributed by atoms with Crippen LogP contribution in [-0.2, 0) is 17.8 Å². The van der Waals surface area contributed by atoms with E-state index in [2.05, 4.69) is 65.0 Å². The molecule has 0 saturated carbocycles. The highest BCUT2D eigenvalue weighted by Crippen LogP contribution is 2.24. The molecule has 1 amide bonds. The topological polar surface area (TPSA) is 54.0 Å². The first-order valence-electron chi connectivity index (χ1n) is 10.1. The van der Waals surface area contributed by atoms with Gasteiger partial charge in [0.1, 0.15) is 5.01 Å². The highest BCUT2D eigenvalue weighted by molar-refractivity contribution is 7.09. The summed E-state index contributed by atoms with van der Waals surface area (Å²) >= 11 is 1.53. The number of carbonyl (C=O) groups is 1. The maximum Gasteiger partial charge on any atom is 0.231 e. The number of anilines is 1. The Morgan fingerprint density at radius 3 is 2.63 bits per heavy atom. The maximum absolute atomic E-state index is 12.3. The number of hydrogen-bond acceptors (Lipinski definition) is 4. The Bertz CT molecular complexity index is 1150. The minimum absolute atomic E-state index is 0.0446. The molecule has 1 atom stereocenters. The maximum atomic E-state index is 12.3. The number of carbonyl (C=O) groups excluding carboxylic acids is 1. The van der Waals surface area contributed by atoms with Crippen LogP contribution in [0, 0.1) is 6.92 Å². The molecule has 4 nitrogen and oxygen atoms in total. The Hall–Kier alpha value is -3.02. The van der Waals surface area contributed by atoms with Crippen LogP contribution in [0.1, 0.15) is 34.8 Å². The summed E-state index contributed by atoms with van der Waals surface area (Å²) in [5.41, 5.74) is 4.22. The van der Waals surface area contributed by atoms with Crippen molar-refractivity contribution in [1.29, 1.82) is 0 Å². The smallest absolute Gasteiger partial charge is 0.231 e. The molecule has 0 aliphatic rings. The first-order chi connectivity index (χ1) is 14.6. The van der Waals surface area contributed by atoms with E-state index in [-0.39, 0.29) is 18.4 Å². The van der Waals surface area contributed by atoms with Gasteiger partial charge in [-0.05, 0) is 42.3 Å². The van der Waals surface area contributed by atoms with Crippen LogP contribution in [0.5, 0.6) is 0 Å². The molecule has 0 aliphatic heterocycles. The van der Waals surface area contributed by atoms with Crippen LogP contribution >= 0.6 is 11.3 Å². The van der Waals surface area contributed by atoms with Gasteiger partial charge in [-0.25, -0.2) is 4.98 Å². The molecule has 1 heterocycles. The molecule has 152 valence electrons. The van der Waals surface area contributed by atoms with Crippen molar-refractivity contribution in [2.24, 2.45) is 0 Å². The van der Waals surface area contributed by atoms with Crippen molar-refractivity contribution in [2.45, 2.75) is 32.9 Å². The summed E-state index contributed by atoms with van der Waals surface area (Å²) in [5, 5.41) is 11.9. The summed E-state index contributed by atoms with van der Waals surface area (Å²) < 4.78 is 0. The lowest BCUT2D eigenvalue weighted by atomic mass is 10.00. The number of benzene rings is 3. The van der Waals surface area contributed by atoms with Gasteiger partial charge in [-0.15, -0.1) is 11.3 Å². The fourth-order valence-corrected chi connectivity index (χ4v) is 4.28. The van der Waals surface area contributed by atoms with Gasteiger partial charge in [0.15, 0.2) is 0 Å². The number of nitrogens with zero attached hydrogens (tertiary/aromatic N) is 1. The van der Waals surface area contributed by atoms with E-state index in [4.69, 9.17) is 0 Å². The van der Waals surface area contributed by atoms with Crippen LogP contribution in [0.15, 0.2) is 72.1 Å². The number of aryl methyl sites for hydroxylation is 1. The van der Waals surface area contributed by atoms with E-state index in [0.29, 0.717) is 6.54 Å². The second-order valence-electron chi connectivity index (χ2n) is 7.49. The van der Waals surface area contributed by atoms with Crippen LogP contribution in [0.3, 0.4) is 0 Å². The van der Waals surface area contributed by atoms with Crippen LogP contribution < -0.4 is 10.6 Å². The largest absolute Gasteiger partial charge is 0.326 e. The van der Waals surface area contributed by atoms with Gasteiger partial charge < -0.3 is 10.6 Å². The standard InChI is InChI=1S/C25H25N3OS/c1-17-10-12-20(13-11-17)27-24(29)14-25-28-21(16-30-25)15-26-18(2)22-9-5-7-19-6-3-4-8-23(19)22/h3-13,16,18,26H,14-15H2,1-2H3,(H,27,29)/t18-/m0/s1. The van der Waals surface area contributed by atoms with Gasteiger partial charge in [-0.3, -0.25) is 4.79 Å². The van der Waals surface area contributed by atoms with Gasteiger partial charge in [-0.2, -0.15) is 0 Å². The van der Waals surface area contributed by atoms with E-state index >= 15 is 0 Å². The number of hydrogen-bond donors (Lipinski definition) is 2. The van der Waals surface area contributed by atoms with Crippen LogP contribution in [0.2, 0.25) is 0 Å². The van der Waals surface area contributed by atoms with Crippen molar-refractivity contribution in [3.05, 3.63) is 93.9 Å². The molecular weight excluding hydrogens is 390 g/mol. The number of aromatic nitrogens is 1. The monoisotopic (exact) mass is 415 g/mol. The second-order valence-corrected chi connectivity index (χ2v) is 8.44. The number of nitrogens with one attached hydrogen (secondary N) is 2. The van der Waals surface area contributed by atoms with Crippen molar-refractivity contribution in [1.82, 2.24) is 10.3 Å². The normalized spacial score (nSPS) is 12.1. The molecule has 4 rings (SSSR count). The molecule has 0 unspecified atom stereocenters. The zero-order valence-corrected chi connectivity index (χ0v) is 18.0. The summed E-state index contributed by atoms with van der Waals surface area (Å²) in [5.74, 6) is -0.0446. The number of fused-ring (bicyclic) bond motifs is 1. The van der Waals surface area contributed by atoms with Gasteiger partial charge >= 0.3 is 0 Å². The molecule has 30 heavy (non-hydrogen) atoms. The van der Waals surface area contributed by atoms with Crippen molar-refractivity contribution < 1.29 is 4.79 Å². The van der Waals surface area contributed by atoms with Gasteiger partial charge in [0.25, 0.3) is 0 Å². The molecular formula is C25H25N3OS. The molecule has 2 N–H and O–H groups in total. The van der Waals surface area contributed by atoms with Gasteiger partial charge in [0, 0.05) is 23.7 Å². The molecule has 0 saturated heterocycles. The van der Waals surface area contributed by atoms with E-state index in [1.54, 1.807) is 0 Å². The summed E-state index contributed by atoms with van der Waals surface area (Å²) in [6.45, 7) is 4.86. The second kappa shape index (κ2) is 9.20. The van der Waals surface area contributed by atoms with Gasteiger partial charge in [0.05, 0.1) is 12.1 Å². The zero-order valence-electron chi connectivity index (χ0n) is 17.2. The molecule has 5 heteroatoms. The highest BCUT2D eigenvalue weighted by Gasteiger charge is 2.11. The van der Waals surface area contributed by atoms with E-state index in [1.165, 1.54) is 33.2 Å². The van der Waals surface area contributed by atoms with Crippen LogP contribution in [0.25, 0.3) is 10.8 Å². The molecule has 0 fully saturated rings. The number of thiazole rings is 1. The highest BCUT2D eigenvalue weighted by atomic mass is 32.1. The third kappa shape index (κ3) is 4.93. The van der Waals surface area contributed by atoms with Crippen LogP contribution in [0.4, 0.5) is 5.69 Å². The summed E-state index contributed by atoms with van der Waals surface area (Å²) in [6, 6.07) is 22.9. The quantitative estimate of drug-likeness (QED) is 0.411. The summed E-state index contributed by atoms with van der Waals surface area (Å²) in [4.78, 5) is 16.9. The first kappa shape index (κ1) is 20.3. The Morgan fingerprint density at radius 1 is 1.03 bits per heavy atom. The summed E-state index contributed by atoms with van der Waals surface area (Å²) in [7, 11) is 0. The van der Waals surface area contributed by atoms with E-state index in [0.717, 1.165) is 16.4 Å². The minimum Gasteiger partial charge on any atom is -0.326 e. The average Bonchev–Trinajstić information content (AvgIpc) is 3.20. The molecule has 0 aliphatic carbocycles. The van der Waals surface area contributed by atoms with Crippen LogP contribution in [-0.4, -0.2) is 10.9 Å². The lowest BCUT2D eigenvalue weighted by molar-refractivity contribution is -0.115. The summed E-state index contributed by atoms with van der Waals surface area (Å²) in [6.07, 6.45) is 0.289. The predicted octanol–water partition coefficient (Wildman–Crippen LogP) is 5.64. The minimum atomic E-state index is -0.0446. The lowest BCUT2D eigenvalue weighted by Crippen LogP contribution is -2.19. The molecule has 0 radical (unpaired) electrons. The van der Waals surface area contributed by atoms with Crippen molar-refractivity contribution >= 4 is 33.7 Å². The fourth-order valence-electron chi connectivity index (χ4n) is 3.49. The van der Waals surface area contributed by atoms with E-state index in [9.17, 15) is 4.79 Å². The predicted molar refractivity (Wildman–Crippen MR) is 125 cm³/mol. The Kier molecular flexibility index (Phi) is 6.21. The third-order valence-corrected chi connectivity index (χ3v) is 6.02. The van der Waals surface area contributed by atoms with Crippen molar-refractivity contribution in [2.75, 3.05) is 5.32 Å². The first-order valence-corrected chi connectivity index (χ1v) is 11.0. The molecule has 4 aromatic rings. The molecule has 0 spiro atoms. The fraction of sp³-hybridized carbons (Fsp3) is 0.200. The molecule has 1 aromatic heterocycles. The Labute approximate surface area is 181 Å². The average molecular weight is 416 g/mol.